The molecule has 0 bridgehead atoms. The van der Waals surface area contributed by atoms with Gasteiger partial charge in [-0.2, -0.15) is 0 Å². The van der Waals surface area contributed by atoms with E-state index in [-0.39, 0.29) is 46.3 Å². The molecule has 188 valence electrons. The summed E-state index contributed by atoms with van der Waals surface area (Å²) in [5.41, 5.74) is -0.849. The smallest absolute Gasteiger partial charge is 0.286 e. The van der Waals surface area contributed by atoms with Gasteiger partial charge >= 0.3 is 0 Å². The number of hydrogen-bond donors (Lipinski definition) is 0. The summed E-state index contributed by atoms with van der Waals surface area (Å²) in [5, 5.41) is 8.03. The fourth-order valence-electron chi connectivity index (χ4n) is 4.81. The van der Waals surface area contributed by atoms with Crippen LogP contribution in [0, 0.1) is 11.8 Å². The first-order valence-electron chi connectivity index (χ1n) is 12.1. The molecule has 2 fully saturated rings. The number of nitrogens with zero attached hydrogens (tertiary/aromatic N) is 4. The Bertz CT molecular complexity index is 907. The Kier molecular flexibility index (Phi) is 8.54. The molecule has 2 heterocycles. The Labute approximate surface area is 205 Å². The van der Waals surface area contributed by atoms with Crippen molar-refractivity contribution in [2.75, 3.05) is 12.8 Å². The van der Waals surface area contributed by atoms with Crippen molar-refractivity contribution in [2.24, 2.45) is 11.8 Å². The molecule has 1 aromatic heterocycles. The molecule has 1 saturated carbocycles. The molecule has 1 aliphatic carbocycles. The van der Waals surface area contributed by atoms with Gasteiger partial charge in [0.25, 0.3) is 11.1 Å². The highest BCUT2D eigenvalue weighted by Gasteiger charge is 2.50. The van der Waals surface area contributed by atoms with Crippen LogP contribution in [0.3, 0.4) is 0 Å². The van der Waals surface area contributed by atoms with Gasteiger partial charge in [0.1, 0.15) is 12.0 Å². The van der Waals surface area contributed by atoms with Gasteiger partial charge in [-0.25, -0.2) is 0 Å². The third-order valence-corrected chi connectivity index (χ3v) is 8.01. The van der Waals surface area contributed by atoms with Gasteiger partial charge in [0.2, 0.25) is 18.1 Å². The first kappa shape index (κ1) is 26.4. The van der Waals surface area contributed by atoms with E-state index in [0.717, 1.165) is 56.7 Å². The lowest BCUT2D eigenvalue weighted by molar-refractivity contribution is -0.131. The van der Waals surface area contributed by atoms with Gasteiger partial charge in [-0.3, -0.25) is 19.2 Å². The number of rotatable bonds is 10. The molecule has 1 aliphatic heterocycles. The van der Waals surface area contributed by atoms with Crippen LogP contribution in [0.1, 0.15) is 83.3 Å². The lowest BCUT2D eigenvalue weighted by Gasteiger charge is -2.34. The van der Waals surface area contributed by atoms with Crippen LogP contribution in [0.4, 0.5) is 0 Å². The van der Waals surface area contributed by atoms with E-state index in [9.17, 15) is 19.2 Å². The predicted octanol–water partition coefficient (Wildman–Crippen LogP) is 3.38. The SMILES string of the molecule is CC(C)CC(C(=O)c1nnc(SCC2C(=O)N(C)C(C)(C)C2=O)o1)N(C=O)C1CCCCCC1. The number of hydrogen-bond acceptors (Lipinski definition) is 8. The maximum Gasteiger partial charge on any atom is 0.286 e. The summed E-state index contributed by atoms with van der Waals surface area (Å²) in [6.07, 6.45) is 7.46. The van der Waals surface area contributed by atoms with E-state index in [1.165, 1.54) is 4.90 Å². The lowest BCUT2D eigenvalue weighted by atomic mass is 9.95. The lowest BCUT2D eigenvalue weighted by Crippen LogP contribution is -2.47. The van der Waals surface area contributed by atoms with Crippen molar-refractivity contribution in [2.45, 2.75) is 95.5 Å². The maximum absolute atomic E-state index is 13.4. The van der Waals surface area contributed by atoms with Crippen molar-refractivity contribution in [1.82, 2.24) is 20.0 Å². The largest absolute Gasteiger partial charge is 0.408 e. The van der Waals surface area contributed by atoms with Crippen LogP contribution in [0.5, 0.6) is 0 Å². The maximum atomic E-state index is 13.4. The summed E-state index contributed by atoms with van der Waals surface area (Å²) in [6, 6.07) is -0.629. The molecule has 10 heteroatoms. The Morgan fingerprint density at radius 1 is 1.21 bits per heavy atom. The van der Waals surface area contributed by atoms with Crippen molar-refractivity contribution in [3.63, 3.8) is 0 Å². The fraction of sp³-hybridized carbons (Fsp3) is 0.750. The number of carbonyl (C=O) groups excluding carboxylic acids is 4. The summed E-state index contributed by atoms with van der Waals surface area (Å²) < 4.78 is 5.64. The summed E-state index contributed by atoms with van der Waals surface area (Å²) >= 11 is 1.09. The normalized spacial score (nSPS) is 22.2. The van der Waals surface area contributed by atoms with Gasteiger partial charge in [0.15, 0.2) is 5.78 Å². The number of Topliss-reactive ketones (excluding diaryl/α,β-unsaturated/α-hetero) is 2. The zero-order valence-corrected chi connectivity index (χ0v) is 21.6. The van der Waals surface area contributed by atoms with E-state index < -0.39 is 17.5 Å². The van der Waals surface area contributed by atoms with Crippen LogP contribution < -0.4 is 0 Å². The number of amides is 2. The minimum absolute atomic E-state index is 0.0317. The molecule has 2 aliphatic rings. The van der Waals surface area contributed by atoms with Gasteiger partial charge < -0.3 is 14.2 Å². The summed E-state index contributed by atoms with van der Waals surface area (Å²) in [6.45, 7) is 7.48. The predicted molar refractivity (Wildman–Crippen MR) is 127 cm³/mol. The standard InChI is InChI=1S/C24H36N4O5S/c1-15(2)12-18(28(14-29)16-10-8-6-7-9-11-16)19(30)21-25-26-23(33-21)34-13-17-20(31)24(3,4)27(5)22(17)32/h14-18H,6-13H2,1-5H3. The second-order valence-electron chi connectivity index (χ2n) is 10.3. The van der Waals surface area contributed by atoms with Gasteiger partial charge in [-0.1, -0.05) is 51.3 Å². The number of carbonyl (C=O) groups is 4. The Balaban J connectivity index is 1.72. The van der Waals surface area contributed by atoms with Crippen molar-refractivity contribution < 1.29 is 23.6 Å². The molecular weight excluding hydrogens is 456 g/mol. The fourth-order valence-corrected chi connectivity index (χ4v) is 5.65. The monoisotopic (exact) mass is 492 g/mol. The van der Waals surface area contributed by atoms with Crippen LogP contribution in [0.25, 0.3) is 0 Å². The van der Waals surface area contributed by atoms with E-state index in [1.54, 1.807) is 25.8 Å². The third kappa shape index (κ3) is 5.53. The van der Waals surface area contributed by atoms with Crippen LogP contribution >= 0.6 is 11.8 Å². The molecule has 2 amide bonds. The van der Waals surface area contributed by atoms with Crippen LogP contribution in [-0.4, -0.2) is 74.3 Å². The van der Waals surface area contributed by atoms with Crippen LogP contribution in [-0.2, 0) is 14.4 Å². The van der Waals surface area contributed by atoms with Crippen molar-refractivity contribution in [3.05, 3.63) is 5.89 Å². The van der Waals surface area contributed by atoms with E-state index in [1.807, 2.05) is 13.8 Å². The molecule has 1 aromatic rings. The number of thioether (sulfide) groups is 1. The quantitative estimate of drug-likeness (QED) is 0.161. The Hall–Kier alpha value is -2.23. The molecule has 2 atom stereocenters. The summed E-state index contributed by atoms with van der Waals surface area (Å²) in [4.78, 5) is 53.7. The first-order valence-corrected chi connectivity index (χ1v) is 13.1. The summed E-state index contributed by atoms with van der Waals surface area (Å²) in [5.74, 6) is -1.32. The van der Waals surface area contributed by atoms with E-state index in [2.05, 4.69) is 10.2 Å². The van der Waals surface area contributed by atoms with Crippen molar-refractivity contribution in [3.8, 4) is 0 Å². The number of aromatic nitrogens is 2. The molecule has 34 heavy (non-hydrogen) atoms. The minimum Gasteiger partial charge on any atom is -0.408 e. The molecular formula is C24H36N4O5S. The molecule has 0 N–H and O–H groups in total. The van der Waals surface area contributed by atoms with Gasteiger partial charge in [-0.15, -0.1) is 10.2 Å². The molecule has 9 nitrogen and oxygen atoms in total. The second kappa shape index (κ2) is 11.0. The highest BCUT2D eigenvalue weighted by Crippen LogP contribution is 2.33. The van der Waals surface area contributed by atoms with Crippen molar-refractivity contribution >= 4 is 35.6 Å². The average molecular weight is 493 g/mol. The first-order chi connectivity index (χ1) is 16.1. The molecule has 0 spiro atoms. The zero-order valence-electron chi connectivity index (χ0n) is 20.8. The number of likely N-dealkylation sites (N-methyl/N-ethyl adjacent to an activating group) is 1. The highest BCUT2D eigenvalue weighted by molar-refractivity contribution is 7.99. The number of ketones is 2. The molecule has 1 saturated heterocycles. The van der Waals surface area contributed by atoms with Crippen molar-refractivity contribution in [1.29, 1.82) is 0 Å². The van der Waals surface area contributed by atoms with Gasteiger partial charge in [0.05, 0.1) is 5.54 Å². The van der Waals surface area contributed by atoms with E-state index >= 15 is 0 Å². The minimum atomic E-state index is -0.849. The molecule has 2 unspecified atom stereocenters. The van der Waals surface area contributed by atoms with E-state index in [4.69, 9.17) is 4.42 Å². The topological polar surface area (TPSA) is 114 Å². The summed E-state index contributed by atoms with van der Waals surface area (Å²) in [7, 11) is 1.62. The van der Waals surface area contributed by atoms with Crippen LogP contribution in [0.15, 0.2) is 9.64 Å². The number of likely N-dealkylation sites (tertiary alicyclic amines) is 1. The molecule has 0 radical (unpaired) electrons. The van der Waals surface area contributed by atoms with E-state index in [0.29, 0.717) is 6.42 Å². The third-order valence-electron chi connectivity index (χ3n) is 7.10. The highest BCUT2D eigenvalue weighted by atomic mass is 32.2. The average Bonchev–Trinajstić information content (AvgIpc) is 3.18. The molecule has 0 aromatic carbocycles. The van der Waals surface area contributed by atoms with Gasteiger partial charge in [0, 0.05) is 18.8 Å². The Morgan fingerprint density at radius 2 is 1.85 bits per heavy atom. The second-order valence-corrected chi connectivity index (χ2v) is 11.2. The zero-order chi connectivity index (χ0) is 25.0. The van der Waals surface area contributed by atoms with Gasteiger partial charge in [-0.05, 0) is 39.0 Å². The van der Waals surface area contributed by atoms with Crippen LogP contribution in [0.2, 0.25) is 0 Å². The Morgan fingerprint density at radius 3 is 2.38 bits per heavy atom. The molecule has 3 rings (SSSR count).